The maximum Gasteiger partial charge on any atom is 0.141 e. The fourth-order valence-electron chi connectivity index (χ4n) is 2.67. The third-order valence-corrected chi connectivity index (χ3v) is 3.70. The van der Waals surface area contributed by atoms with Crippen LogP contribution in [0.4, 0.5) is 5.82 Å². The van der Waals surface area contributed by atoms with Gasteiger partial charge in [0.1, 0.15) is 11.6 Å². The lowest BCUT2D eigenvalue weighted by Gasteiger charge is -2.10. The van der Waals surface area contributed by atoms with Crippen LogP contribution in [0.5, 0.6) is 0 Å². The zero-order chi connectivity index (χ0) is 14.5. The van der Waals surface area contributed by atoms with E-state index in [1.165, 1.54) is 0 Å². The van der Waals surface area contributed by atoms with Crippen LogP contribution < -0.4 is 5.73 Å². The molecule has 20 heavy (non-hydrogen) atoms. The summed E-state index contributed by atoms with van der Waals surface area (Å²) in [6, 6.07) is 10.3. The molecule has 0 aliphatic carbocycles. The average molecular weight is 271 g/mol. The van der Waals surface area contributed by atoms with E-state index in [4.69, 9.17) is 10.7 Å². The molecule has 2 aromatic rings. The minimum atomic E-state index is 0.417. The Morgan fingerprint density at radius 1 is 1.15 bits per heavy atom. The number of aromatic nitrogens is 2. The third-order valence-electron chi connectivity index (χ3n) is 3.70. The summed E-state index contributed by atoms with van der Waals surface area (Å²) in [7, 11) is 0. The van der Waals surface area contributed by atoms with Crippen molar-refractivity contribution < 1.29 is 0 Å². The molecule has 1 aromatic carbocycles. The summed E-state index contributed by atoms with van der Waals surface area (Å²) in [5, 5.41) is 0. The van der Waals surface area contributed by atoms with E-state index in [9.17, 15) is 0 Å². The second-order valence-electron chi connectivity index (χ2n) is 5.41. The van der Waals surface area contributed by atoms with E-state index in [0.717, 1.165) is 48.7 Å². The predicted molar refractivity (Wildman–Crippen MR) is 85.7 cm³/mol. The molecule has 0 radical (unpaired) electrons. The highest BCUT2D eigenvalue weighted by Gasteiger charge is 2.19. The first-order valence-electron chi connectivity index (χ1n) is 7.60. The molecule has 0 aliphatic rings. The van der Waals surface area contributed by atoms with Crippen LogP contribution in [0.15, 0.2) is 30.3 Å². The normalized spacial score (nSPS) is 12.6. The molecule has 3 heteroatoms. The van der Waals surface area contributed by atoms with Gasteiger partial charge >= 0.3 is 0 Å². The van der Waals surface area contributed by atoms with Gasteiger partial charge in [0.25, 0.3) is 0 Å². The van der Waals surface area contributed by atoms with Gasteiger partial charge in [-0.2, -0.15) is 0 Å². The van der Waals surface area contributed by atoms with Gasteiger partial charge in [-0.25, -0.2) is 4.98 Å². The van der Waals surface area contributed by atoms with Crippen molar-refractivity contribution in [3.05, 3.63) is 36.0 Å². The standard InChI is InChI=1S/C17H25N3/c1-4-9-13(3)15-16(18)20(12-5-2)17(19-15)14-10-7-6-8-11-14/h6-8,10-11,13H,4-5,9,12,18H2,1-3H3. The second-order valence-corrected chi connectivity index (χ2v) is 5.41. The number of anilines is 1. The van der Waals surface area contributed by atoms with Gasteiger partial charge < -0.3 is 10.3 Å². The molecule has 0 saturated carbocycles. The van der Waals surface area contributed by atoms with Gasteiger partial charge in [0.05, 0.1) is 5.69 Å². The Bertz CT molecular complexity index is 543. The fraction of sp³-hybridized carbons (Fsp3) is 0.471. The molecular weight excluding hydrogens is 246 g/mol. The van der Waals surface area contributed by atoms with E-state index < -0.39 is 0 Å². The first kappa shape index (κ1) is 14.6. The van der Waals surface area contributed by atoms with Gasteiger partial charge in [0.2, 0.25) is 0 Å². The van der Waals surface area contributed by atoms with Crippen molar-refractivity contribution in [1.82, 2.24) is 9.55 Å². The molecule has 2 rings (SSSR count). The van der Waals surface area contributed by atoms with Crippen molar-refractivity contribution in [2.45, 2.75) is 52.5 Å². The highest BCUT2D eigenvalue weighted by atomic mass is 15.1. The monoisotopic (exact) mass is 271 g/mol. The van der Waals surface area contributed by atoms with Crippen LogP contribution >= 0.6 is 0 Å². The summed E-state index contributed by atoms with van der Waals surface area (Å²) in [6.07, 6.45) is 3.34. The molecule has 0 spiro atoms. The zero-order valence-corrected chi connectivity index (χ0v) is 12.8. The molecule has 1 heterocycles. The molecule has 0 amide bonds. The number of nitrogens with two attached hydrogens (primary N) is 1. The summed E-state index contributed by atoms with van der Waals surface area (Å²) >= 11 is 0. The number of hydrogen-bond acceptors (Lipinski definition) is 2. The maximum absolute atomic E-state index is 6.36. The van der Waals surface area contributed by atoms with Crippen LogP contribution in [-0.2, 0) is 6.54 Å². The fourth-order valence-corrected chi connectivity index (χ4v) is 2.67. The van der Waals surface area contributed by atoms with Gasteiger partial charge in [-0.05, 0) is 12.8 Å². The number of rotatable bonds is 6. The van der Waals surface area contributed by atoms with E-state index in [1.54, 1.807) is 0 Å². The van der Waals surface area contributed by atoms with Crippen LogP contribution in [0.2, 0.25) is 0 Å². The Kier molecular flexibility index (Phi) is 4.83. The first-order chi connectivity index (χ1) is 9.69. The third kappa shape index (κ3) is 2.87. The second kappa shape index (κ2) is 6.60. The van der Waals surface area contributed by atoms with Crippen LogP contribution in [0.1, 0.15) is 51.6 Å². The van der Waals surface area contributed by atoms with Crippen LogP contribution in [-0.4, -0.2) is 9.55 Å². The molecule has 2 N–H and O–H groups in total. The topological polar surface area (TPSA) is 43.8 Å². The Balaban J connectivity index is 2.48. The minimum Gasteiger partial charge on any atom is -0.384 e. The first-order valence-corrected chi connectivity index (χ1v) is 7.60. The minimum absolute atomic E-state index is 0.417. The summed E-state index contributed by atoms with van der Waals surface area (Å²) in [4.78, 5) is 4.86. The molecule has 1 aromatic heterocycles. The zero-order valence-electron chi connectivity index (χ0n) is 12.8. The molecule has 1 unspecified atom stereocenters. The lowest BCUT2D eigenvalue weighted by molar-refractivity contribution is 0.649. The maximum atomic E-state index is 6.36. The number of benzene rings is 1. The van der Waals surface area contributed by atoms with E-state index >= 15 is 0 Å². The lowest BCUT2D eigenvalue weighted by atomic mass is 10.0. The molecule has 0 aliphatic heterocycles. The van der Waals surface area contributed by atoms with Gasteiger partial charge in [0, 0.05) is 18.0 Å². The Morgan fingerprint density at radius 3 is 2.45 bits per heavy atom. The molecule has 0 fully saturated rings. The summed E-state index contributed by atoms with van der Waals surface area (Å²) in [6.45, 7) is 7.51. The molecule has 1 atom stereocenters. The molecule has 0 bridgehead atoms. The van der Waals surface area contributed by atoms with E-state index in [-0.39, 0.29) is 0 Å². The van der Waals surface area contributed by atoms with Crippen LogP contribution in [0, 0.1) is 0 Å². The highest BCUT2D eigenvalue weighted by Crippen LogP contribution is 2.31. The summed E-state index contributed by atoms with van der Waals surface area (Å²) in [5.74, 6) is 2.26. The average Bonchev–Trinajstić information content (AvgIpc) is 2.78. The van der Waals surface area contributed by atoms with E-state index in [0.29, 0.717) is 5.92 Å². The van der Waals surface area contributed by atoms with Gasteiger partial charge in [-0.3, -0.25) is 0 Å². The van der Waals surface area contributed by atoms with E-state index in [1.807, 2.05) is 18.2 Å². The van der Waals surface area contributed by atoms with E-state index in [2.05, 4.69) is 37.5 Å². The number of nitrogen functional groups attached to an aromatic ring is 1. The summed E-state index contributed by atoms with van der Waals surface area (Å²) in [5.41, 5.74) is 8.56. The number of hydrogen-bond donors (Lipinski definition) is 1. The van der Waals surface area contributed by atoms with Crippen molar-refractivity contribution >= 4 is 5.82 Å². The quantitative estimate of drug-likeness (QED) is 0.843. The molecule has 108 valence electrons. The lowest BCUT2D eigenvalue weighted by Crippen LogP contribution is -2.06. The predicted octanol–water partition coefficient (Wildman–Crippen LogP) is 4.45. The number of nitrogens with zero attached hydrogens (tertiary/aromatic N) is 2. The molecule has 3 nitrogen and oxygen atoms in total. The van der Waals surface area contributed by atoms with Gasteiger partial charge in [-0.1, -0.05) is 57.5 Å². The van der Waals surface area contributed by atoms with Crippen molar-refractivity contribution in [1.29, 1.82) is 0 Å². The molecular formula is C17H25N3. The van der Waals surface area contributed by atoms with Crippen molar-refractivity contribution in [3.8, 4) is 11.4 Å². The van der Waals surface area contributed by atoms with Gasteiger partial charge in [-0.15, -0.1) is 0 Å². The molecule has 0 saturated heterocycles. The van der Waals surface area contributed by atoms with Crippen LogP contribution in [0.3, 0.4) is 0 Å². The SMILES string of the molecule is CCCC(C)c1nc(-c2ccccc2)n(CCC)c1N. The highest BCUT2D eigenvalue weighted by molar-refractivity contribution is 5.61. The Hall–Kier alpha value is -1.77. The largest absolute Gasteiger partial charge is 0.384 e. The van der Waals surface area contributed by atoms with Gasteiger partial charge in [0.15, 0.2) is 0 Å². The number of imidazole rings is 1. The van der Waals surface area contributed by atoms with Crippen molar-refractivity contribution in [2.75, 3.05) is 5.73 Å². The smallest absolute Gasteiger partial charge is 0.141 e. The summed E-state index contributed by atoms with van der Waals surface area (Å²) < 4.78 is 2.16. The van der Waals surface area contributed by atoms with Crippen LogP contribution in [0.25, 0.3) is 11.4 Å². The Labute approximate surface area is 121 Å². The Morgan fingerprint density at radius 2 is 1.85 bits per heavy atom. The van der Waals surface area contributed by atoms with Crippen molar-refractivity contribution in [3.63, 3.8) is 0 Å². The van der Waals surface area contributed by atoms with Crippen molar-refractivity contribution in [2.24, 2.45) is 0 Å².